The first-order valence-corrected chi connectivity index (χ1v) is 18.2. The number of halogens is 2. The van der Waals surface area contributed by atoms with Gasteiger partial charge in [0.25, 0.3) is 11.8 Å². The molecule has 2 aromatic heterocycles. The number of thiophene rings is 2. The summed E-state index contributed by atoms with van der Waals surface area (Å²) in [6, 6.07) is 11.6. The highest BCUT2D eigenvalue weighted by Gasteiger charge is 2.17. The van der Waals surface area contributed by atoms with E-state index in [-0.39, 0.29) is 11.8 Å². The maximum Gasteiger partial charge on any atom is 0.407 e. The zero-order valence-corrected chi connectivity index (χ0v) is 32.7. The van der Waals surface area contributed by atoms with E-state index in [2.05, 4.69) is 28.1 Å². The van der Waals surface area contributed by atoms with Gasteiger partial charge in [0.2, 0.25) is 0 Å². The zero-order valence-electron chi connectivity index (χ0n) is 29.6. The van der Waals surface area contributed by atoms with Gasteiger partial charge in [0, 0.05) is 35.9 Å². The van der Waals surface area contributed by atoms with E-state index < -0.39 is 11.7 Å². The zero-order chi connectivity index (χ0) is 36.6. The monoisotopic (exact) mass is 744 g/mol. The van der Waals surface area contributed by atoms with E-state index >= 15 is 0 Å². The van der Waals surface area contributed by atoms with Gasteiger partial charge in [0.05, 0.1) is 19.8 Å². The number of carbonyl (C=O) groups is 3. The van der Waals surface area contributed by atoms with Crippen LogP contribution in [-0.4, -0.2) is 23.5 Å². The summed E-state index contributed by atoms with van der Waals surface area (Å²) in [5.74, 6) is -0.217. The second-order valence-electron chi connectivity index (χ2n) is 12.9. The second kappa shape index (κ2) is 17.5. The molecule has 0 aliphatic carbocycles. The van der Waals surface area contributed by atoms with Crippen LogP contribution < -0.4 is 21.7 Å². The second-order valence-corrected chi connectivity index (χ2v) is 16.2. The average molecular weight is 746 g/mol. The Morgan fingerprint density at radius 2 is 1.04 bits per heavy atom. The molecule has 0 aliphatic heterocycles. The maximum atomic E-state index is 12.3. The van der Waals surface area contributed by atoms with Gasteiger partial charge in [0.15, 0.2) is 0 Å². The first-order valence-electron chi connectivity index (χ1n) is 15.8. The van der Waals surface area contributed by atoms with Crippen LogP contribution in [0.5, 0.6) is 0 Å². The molecule has 0 radical (unpaired) electrons. The van der Waals surface area contributed by atoms with Crippen molar-refractivity contribution in [3.63, 3.8) is 0 Å². The molecule has 0 saturated carbocycles. The Kier molecular flexibility index (Phi) is 14.3. The van der Waals surface area contributed by atoms with Crippen molar-refractivity contribution in [3.05, 3.63) is 110 Å². The molecule has 4 rings (SSSR count). The molecule has 8 nitrogen and oxygen atoms in total. The predicted octanol–water partition coefficient (Wildman–Crippen LogP) is 9.00. The summed E-state index contributed by atoms with van der Waals surface area (Å²) in [5, 5.41) is 9.94. The number of hydrogen-bond donors (Lipinski definition) is 4. The number of alkyl carbamates (subject to hydrolysis) is 1. The minimum atomic E-state index is -0.524. The number of nitrogens with one attached hydrogen (secondary N) is 3. The molecular weight excluding hydrogens is 699 g/mol. The fourth-order valence-corrected chi connectivity index (χ4v) is 7.32. The van der Waals surface area contributed by atoms with Gasteiger partial charge in [-0.3, -0.25) is 9.59 Å². The van der Waals surface area contributed by atoms with E-state index in [1.54, 1.807) is 12.1 Å². The summed E-state index contributed by atoms with van der Waals surface area (Å²) in [7, 11) is 0. The van der Waals surface area contributed by atoms with Gasteiger partial charge in [-0.15, -0.1) is 22.7 Å². The van der Waals surface area contributed by atoms with Gasteiger partial charge in [-0.1, -0.05) is 47.5 Å². The minimum absolute atomic E-state index is 0.0864. The quantitative estimate of drug-likeness (QED) is 0.136. The van der Waals surface area contributed by atoms with Gasteiger partial charge in [-0.2, -0.15) is 0 Å². The summed E-state index contributed by atoms with van der Waals surface area (Å²) in [4.78, 5) is 39.5. The smallest absolute Gasteiger partial charge is 0.407 e. The van der Waals surface area contributed by atoms with Gasteiger partial charge in [0.1, 0.15) is 5.60 Å². The number of amides is 3. The van der Waals surface area contributed by atoms with Crippen LogP contribution in [0.2, 0.25) is 10.0 Å². The summed E-state index contributed by atoms with van der Waals surface area (Å²) in [6.07, 6.45) is -0.441. The highest BCUT2D eigenvalue weighted by atomic mass is 35.5. The lowest BCUT2D eigenvalue weighted by atomic mass is 9.99. The molecule has 264 valence electrons. The number of rotatable bonds is 9. The number of benzene rings is 2. The Morgan fingerprint density at radius 1 is 0.653 bits per heavy atom. The van der Waals surface area contributed by atoms with Gasteiger partial charge in [-0.25, -0.2) is 4.79 Å². The normalized spacial score (nSPS) is 11.0. The highest BCUT2D eigenvalue weighted by molar-refractivity contribution is 7.14. The third-order valence-electron chi connectivity index (χ3n) is 7.60. The highest BCUT2D eigenvalue weighted by Crippen LogP contribution is 2.27. The molecule has 49 heavy (non-hydrogen) atoms. The Morgan fingerprint density at radius 3 is 1.37 bits per heavy atom. The van der Waals surface area contributed by atoms with Crippen molar-refractivity contribution in [3.8, 4) is 0 Å². The maximum absolute atomic E-state index is 12.3. The Hall–Kier alpha value is -3.41. The summed E-state index contributed by atoms with van der Waals surface area (Å²) in [6.45, 7) is 19.2. The molecule has 0 unspecified atom stereocenters. The van der Waals surface area contributed by atoms with Crippen molar-refractivity contribution in [1.29, 1.82) is 0 Å². The Bertz CT molecular complexity index is 1740. The largest absolute Gasteiger partial charge is 0.444 e. The molecule has 12 heteroatoms. The molecule has 0 atom stereocenters. The molecule has 2 heterocycles. The van der Waals surface area contributed by atoms with Gasteiger partial charge in [-0.05, 0) is 119 Å². The third kappa shape index (κ3) is 11.9. The summed E-state index contributed by atoms with van der Waals surface area (Å²) >= 11 is 14.8. The molecule has 0 saturated heterocycles. The fourth-order valence-electron chi connectivity index (χ4n) is 5.09. The van der Waals surface area contributed by atoms with Crippen molar-refractivity contribution in [2.24, 2.45) is 5.73 Å². The lowest BCUT2D eigenvalue weighted by Crippen LogP contribution is -2.32. The standard InChI is InChI=1S/C21H27ClN2O3S.C16H19ClN2OS/c1-12-7-15(10-24-20(26)27-21(4,5)6)8-13(2)16(12)11-23-19(25)18-9-17(22)14(3)28-18;1-9-4-12(7-18)5-10(2)13(9)8-19-16(20)15-6-14(17)11(3)21-15/h7-9H,10-11H2,1-6H3,(H,23,25)(H,24,26);4-6H,7-8,18H2,1-3H3,(H,19,20). The Balaban J connectivity index is 0.000000276. The van der Waals surface area contributed by atoms with Gasteiger partial charge < -0.3 is 26.4 Å². The lowest BCUT2D eigenvalue weighted by Gasteiger charge is -2.20. The van der Waals surface area contributed by atoms with Crippen molar-refractivity contribution in [1.82, 2.24) is 16.0 Å². The SMILES string of the molecule is Cc1cc(CN)cc(C)c1CNC(=O)c1cc(Cl)c(C)s1.Cc1cc(CNC(=O)OC(C)(C)C)cc(C)c1CNC(=O)c1cc(Cl)c(C)s1. The average Bonchev–Trinajstić information content (AvgIpc) is 3.53. The van der Waals surface area contributed by atoms with Crippen LogP contribution in [0.1, 0.15) is 94.4 Å². The van der Waals surface area contributed by atoms with Gasteiger partial charge >= 0.3 is 6.09 Å². The molecule has 0 spiro atoms. The Labute approximate surface area is 307 Å². The molecule has 3 amide bonds. The van der Waals surface area contributed by atoms with E-state index in [0.29, 0.717) is 46.0 Å². The molecule has 0 aliphatic rings. The number of nitrogens with two attached hydrogens (primary N) is 1. The van der Waals surface area contributed by atoms with Crippen molar-refractivity contribution in [2.75, 3.05) is 0 Å². The van der Waals surface area contributed by atoms with Crippen LogP contribution in [0.3, 0.4) is 0 Å². The fraction of sp³-hybridized carbons (Fsp3) is 0.378. The molecular formula is C37H46Cl2N4O4S2. The molecule has 5 N–H and O–H groups in total. The minimum Gasteiger partial charge on any atom is -0.444 e. The number of hydrogen-bond acceptors (Lipinski definition) is 7. The van der Waals surface area contributed by atoms with E-state index in [1.807, 2.05) is 74.4 Å². The summed E-state index contributed by atoms with van der Waals surface area (Å²) in [5.41, 5.74) is 13.9. The molecule has 2 aromatic carbocycles. The third-order valence-corrected chi connectivity index (χ3v) is 10.7. The van der Waals surface area contributed by atoms with E-state index in [1.165, 1.54) is 22.7 Å². The van der Waals surface area contributed by atoms with E-state index in [0.717, 1.165) is 54.3 Å². The molecule has 0 bridgehead atoms. The van der Waals surface area contributed by atoms with Crippen molar-refractivity contribution < 1.29 is 19.1 Å². The van der Waals surface area contributed by atoms with Crippen molar-refractivity contribution >= 4 is 63.8 Å². The van der Waals surface area contributed by atoms with Crippen LogP contribution in [-0.2, 0) is 30.9 Å². The van der Waals surface area contributed by atoms with Crippen molar-refractivity contribution in [2.45, 2.75) is 94.1 Å². The first kappa shape index (κ1) is 40.0. The van der Waals surface area contributed by atoms with Crippen LogP contribution in [0.15, 0.2) is 36.4 Å². The van der Waals surface area contributed by atoms with Crippen LogP contribution in [0.4, 0.5) is 4.79 Å². The van der Waals surface area contributed by atoms with Crippen LogP contribution >= 0.6 is 45.9 Å². The van der Waals surface area contributed by atoms with E-state index in [9.17, 15) is 14.4 Å². The number of carbonyl (C=O) groups excluding carboxylic acids is 3. The van der Waals surface area contributed by atoms with Crippen LogP contribution in [0.25, 0.3) is 0 Å². The lowest BCUT2D eigenvalue weighted by molar-refractivity contribution is 0.0523. The summed E-state index contributed by atoms with van der Waals surface area (Å²) < 4.78 is 5.25. The topological polar surface area (TPSA) is 123 Å². The molecule has 0 fully saturated rings. The number of ether oxygens (including phenoxy) is 1. The van der Waals surface area contributed by atoms with E-state index in [4.69, 9.17) is 33.7 Å². The molecule has 4 aromatic rings. The first-order chi connectivity index (χ1) is 22.9. The predicted molar refractivity (Wildman–Crippen MR) is 203 cm³/mol. The number of aryl methyl sites for hydroxylation is 6. The van der Waals surface area contributed by atoms with Crippen LogP contribution in [0, 0.1) is 41.5 Å².